The summed E-state index contributed by atoms with van der Waals surface area (Å²) in [6, 6.07) is 7.00. The van der Waals surface area contributed by atoms with E-state index in [1.54, 1.807) is 91.3 Å². The van der Waals surface area contributed by atoms with E-state index in [4.69, 9.17) is 0 Å². The van der Waals surface area contributed by atoms with E-state index in [0.29, 0.717) is 44.9 Å². The van der Waals surface area contributed by atoms with Crippen LogP contribution in [0.4, 0.5) is 0 Å². The molecule has 2 aliphatic rings. The highest BCUT2D eigenvalue weighted by Crippen LogP contribution is 2.24. The number of carboxylic acids is 5. The summed E-state index contributed by atoms with van der Waals surface area (Å²) in [4.78, 5) is 300. The molecule has 0 unspecified atom stereocenters. The standard InChI is InChI=1S/C87H107N19O30S2/c1-45(76(121)102-60(34-47-14-10-15-50(32-47)138(134,135)136)79(124)92-43-70(111)98-62(36-49-39-89-54-19-9-7-17-52(49)54)84(129)101-59(29-31-137-2)83(128)103-63(37-75(119)120)85(130)105-64(87(132)133)33-46-12-4-3-5-13-46)95-68(109)41-90-67(108)40-91-78(123)56(22-26-72(113)114)99-82(127)58(24-28-74(117)118)100-81(126)57(23-27-73(115)116)97-69(110)42-93-80(125)61(35-48-38-88-53-18-8-6-16-51(48)53)104-86(131)65-20-11-30-106(65)71(112)44-94-77(122)55-21-25-66(107)96-55/h3-10,12-19,32,38-39,45,55-65,88-89H,11,20-31,33-37,40-44H2,1-2H3,(H,90,108)(H,91,123)(H,92,124)(H,93,125)(H,94,122)(H,95,109)(H,96,107)(H,97,110)(H,98,111)(H,99,127)(H,100,126)(H,101,129)(H,102,121)(H,103,128)(H,104,131)(H,105,130)(H,113,114)(H,115,116)(H,117,118)(H,119,120)(H,132,133)(H,134,135,136)/t45-,55-,56-,57-,58-,59-,60-,61-,62-,63-,64-,65-/m0/s1. The molecule has 24 N–H and O–H groups in total. The predicted molar refractivity (Wildman–Crippen MR) is 484 cm³/mol. The van der Waals surface area contributed by atoms with Crippen molar-refractivity contribution in [2.45, 2.75) is 187 Å². The molecule has 0 bridgehead atoms. The first-order chi connectivity index (χ1) is 65.5. The molecular formula is C87H107N19O30S2. The van der Waals surface area contributed by atoms with E-state index in [0.717, 1.165) is 19.1 Å². The van der Waals surface area contributed by atoms with Crippen LogP contribution in [0.3, 0.4) is 0 Å². The number of hydrogen-bond acceptors (Lipinski definition) is 25. The Kier molecular flexibility index (Phi) is 41.0. The van der Waals surface area contributed by atoms with E-state index >= 15 is 0 Å². The molecule has 17 amide bonds. The number of para-hydroxylation sites is 2. The van der Waals surface area contributed by atoms with Crippen molar-refractivity contribution in [2.24, 2.45) is 0 Å². The van der Waals surface area contributed by atoms with Gasteiger partial charge in [-0.1, -0.05) is 78.9 Å². The number of benzene rings is 4. The second kappa shape index (κ2) is 52.4. The van der Waals surface area contributed by atoms with Gasteiger partial charge in [-0.15, -0.1) is 0 Å². The molecule has 0 radical (unpaired) electrons. The van der Waals surface area contributed by atoms with Gasteiger partial charge in [0.2, 0.25) is 100 Å². The quantitative estimate of drug-likeness (QED) is 0.0159. The molecule has 0 spiro atoms. The Hall–Kier alpha value is -15.4. The Morgan fingerprint density at radius 3 is 1.38 bits per heavy atom. The van der Waals surface area contributed by atoms with E-state index in [-0.39, 0.29) is 68.7 Å². The van der Waals surface area contributed by atoms with Gasteiger partial charge in [-0.3, -0.25) is 105 Å². The molecule has 8 rings (SSSR count). The third-order valence-electron chi connectivity index (χ3n) is 21.9. The van der Waals surface area contributed by atoms with Crippen LogP contribution in [-0.4, -0.2) is 307 Å². The van der Waals surface area contributed by atoms with Crippen LogP contribution in [0.1, 0.15) is 106 Å². The Bertz CT molecular complexity index is 5660. The first-order valence-corrected chi connectivity index (χ1v) is 46.1. The van der Waals surface area contributed by atoms with Crippen molar-refractivity contribution in [3.63, 3.8) is 0 Å². The van der Waals surface area contributed by atoms with Crippen LogP contribution in [0.25, 0.3) is 21.8 Å². The fraction of sp³-hybridized carbons (Fsp3) is 0.425. The van der Waals surface area contributed by atoms with Crippen molar-refractivity contribution in [2.75, 3.05) is 51.3 Å². The summed E-state index contributed by atoms with van der Waals surface area (Å²) in [6.07, 6.45) is -1.73. The SMILES string of the molecule is CSCC[C@H](NC(=O)[C@H](Cc1c[nH]c2ccccc12)NC(=O)CNC(=O)[C@H](Cc1cccc(S(=O)(=O)O)c1)NC(=O)[C@H](C)NC(=O)CNC(=O)CNC(=O)[C@H](CCC(=O)O)NC(=O)[C@H](CCC(=O)O)NC(=O)[C@H](CCC(=O)O)NC(=O)CNC(=O)[C@H](Cc1c[nH]c2ccccc12)NC(=O)[C@@H]1CCCN1C(=O)CNC(=O)[C@@H]1CCC(=O)N1)C(=O)N[C@@H](CC(=O)O)C(=O)N[C@@H](Cc1ccccc1)C(=O)O. The van der Waals surface area contributed by atoms with E-state index in [9.17, 15) is 144 Å². The average molecular weight is 1960 g/mol. The van der Waals surface area contributed by atoms with E-state index in [2.05, 4.69) is 95.0 Å². The third-order valence-corrected chi connectivity index (χ3v) is 23.3. The van der Waals surface area contributed by atoms with Crippen LogP contribution in [0.2, 0.25) is 0 Å². The fourth-order valence-corrected chi connectivity index (χ4v) is 15.7. The van der Waals surface area contributed by atoms with E-state index < -0.39 is 296 Å². The topological polar surface area (TPSA) is 758 Å². The third kappa shape index (κ3) is 34.5. The van der Waals surface area contributed by atoms with E-state index in [1.807, 2.05) is 0 Å². The minimum atomic E-state index is -4.88. The molecular weight excluding hydrogens is 1860 g/mol. The zero-order valence-electron chi connectivity index (χ0n) is 74.4. The first-order valence-electron chi connectivity index (χ1n) is 43.3. The lowest BCUT2D eigenvalue weighted by molar-refractivity contribution is -0.144. The number of carbonyl (C=O) groups excluding carboxylic acids is 17. The number of nitrogens with one attached hydrogen (secondary N) is 18. The molecule has 0 saturated carbocycles. The second-order valence-corrected chi connectivity index (χ2v) is 34.6. The Morgan fingerprint density at radius 1 is 0.428 bits per heavy atom. The Labute approximate surface area is 790 Å². The highest BCUT2D eigenvalue weighted by molar-refractivity contribution is 7.98. The number of fused-ring (bicyclic) bond motifs is 2. The number of likely N-dealkylation sites (tertiary alicyclic amines) is 1. The number of carbonyl (C=O) groups is 22. The number of carboxylic acid groups (broad SMARTS) is 5. The monoisotopic (exact) mass is 1960 g/mol. The minimum absolute atomic E-state index is 0.0172. The fourth-order valence-electron chi connectivity index (χ4n) is 14.7. The van der Waals surface area contributed by atoms with E-state index in [1.165, 1.54) is 35.0 Å². The van der Waals surface area contributed by atoms with Gasteiger partial charge in [0.25, 0.3) is 10.1 Å². The molecule has 2 fully saturated rings. The van der Waals surface area contributed by atoms with Crippen LogP contribution in [0.15, 0.2) is 120 Å². The van der Waals surface area contributed by atoms with Crippen molar-refractivity contribution in [1.82, 2.24) is 99.9 Å². The average Bonchev–Trinajstić information content (AvgIpc) is 1.66. The van der Waals surface area contributed by atoms with Gasteiger partial charge in [0, 0.05) is 92.1 Å². The molecule has 2 aromatic heterocycles. The molecule has 742 valence electrons. The summed E-state index contributed by atoms with van der Waals surface area (Å²) >= 11 is 1.23. The van der Waals surface area contributed by atoms with Crippen LogP contribution in [0.5, 0.6) is 0 Å². The number of H-pyrrole nitrogens is 2. The number of rotatable bonds is 55. The number of aliphatic carboxylic acids is 5. The maximum absolute atomic E-state index is 14.6. The number of aromatic nitrogens is 2. The van der Waals surface area contributed by atoms with Gasteiger partial charge in [-0.25, -0.2) is 4.79 Å². The molecule has 6 aromatic rings. The molecule has 4 heterocycles. The number of aromatic amines is 2. The molecule has 138 heavy (non-hydrogen) atoms. The van der Waals surface area contributed by atoms with Gasteiger partial charge in [0.15, 0.2) is 0 Å². The van der Waals surface area contributed by atoms with Gasteiger partial charge in [-0.05, 0) is 110 Å². The lowest BCUT2D eigenvalue weighted by atomic mass is 10.0. The van der Waals surface area contributed by atoms with Crippen molar-refractivity contribution in [3.05, 3.63) is 138 Å². The van der Waals surface area contributed by atoms with Gasteiger partial charge >= 0.3 is 29.8 Å². The Morgan fingerprint density at radius 2 is 0.862 bits per heavy atom. The first kappa shape index (κ1) is 108. The Balaban J connectivity index is 0.873. The lowest BCUT2D eigenvalue weighted by Crippen LogP contribution is -2.59. The maximum atomic E-state index is 14.6. The molecule has 2 saturated heterocycles. The minimum Gasteiger partial charge on any atom is -0.481 e. The number of amides is 17. The highest BCUT2D eigenvalue weighted by Gasteiger charge is 2.40. The van der Waals surface area contributed by atoms with Crippen molar-refractivity contribution < 1.29 is 144 Å². The van der Waals surface area contributed by atoms with Crippen molar-refractivity contribution in [3.8, 4) is 0 Å². The molecule has 49 nitrogen and oxygen atoms in total. The summed E-state index contributed by atoms with van der Waals surface area (Å²) < 4.78 is 34.3. The summed E-state index contributed by atoms with van der Waals surface area (Å²) in [5.41, 5.74) is 2.69. The van der Waals surface area contributed by atoms with Crippen LogP contribution < -0.4 is 85.1 Å². The van der Waals surface area contributed by atoms with Crippen molar-refractivity contribution in [1.29, 1.82) is 0 Å². The smallest absolute Gasteiger partial charge is 0.326 e. The van der Waals surface area contributed by atoms with Gasteiger partial charge in [0.1, 0.15) is 72.5 Å². The molecule has 51 heteroatoms. The molecule has 2 aliphatic heterocycles. The largest absolute Gasteiger partial charge is 0.481 e. The summed E-state index contributed by atoms with van der Waals surface area (Å²) in [6.45, 7) is -3.24. The highest BCUT2D eigenvalue weighted by atomic mass is 32.2. The lowest BCUT2D eigenvalue weighted by Gasteiger charge is -2.27. The predicted octanol–water partition coefficient (Wildman–Crippen LogP) is -5.21. The number of hydrogen-bond donors (Lipinski definition) is 24. The summed E-state index contributed by atoms with van der Waals surface area (Å²) in [5, 5.41) is 87.4. The number of thioether (sulfide) groups is 1. The molecule has 12 atom stereocenters. The number of nitrogens with zero attached hydrogens (tertiary/aromatic N) is 1. The van der Waals surface area contributed by atoms with Gasteiger partial charge in [0.05, 0.1) is 44.0 Å². The normalized spacial score (nSPS) is 15.5. The van der Waals surface area contributed by atoms with Crippen LogP contribution in [0, 0.1) is 0 Å². The zero-order chi connectivity index (χ0) is 101. The van der Waals surface area contributed by atoms with Crippen molar-refractivity contribution >= 4 is 174 Å². The van der Waals surface area contributed by atoms with Gasteiger partial charge < -0.3 is 125 Å². The molecule has 4 aromatic carbocycles. The summed E-state index contributed by atoms with van der Waals surface area (Å²) in [7, 11) is -4.88. The maximum Gasteiger partial charge on any atom is 0.326 e. The second-order valence-electron chi connectivity index (χ2n) is 32.2. The van der Waals surface area contributed by atoms with Gasteiger partial charge in [-0.2, -0.15) is 20.2 Å². The van der Waals surface area contributed by atoms with Crippen LogP contribution in [-0.2, 0) is 141 Å². The zero-order valence-corrected chi connectivity index (χ0v) is 76.0. The molecule has 0 aliphatic carbocycles. The summed E-state index contributed by atoms with van der Waals surface area (Å²) in [5.74, 6) is -24.8. The van der Waals surface area contributed by atoms with Crippen LogP contribution >= 0.6 is 11.8 Å².